The Kier molecular flexibility index (Phi) is 6.42. The molecule has 0 aliphatic heterocycles. The zero-order valence-corrected chi connectivity index (χ0v) is 15.1. The van der Waals surface area contributed by atoms with Crippen LogP contribution in [0.1, 0.15) is 22.9 Å². The number of nitrogens with zero attached hydrogens (tertiary/aromatic N) is 1. The highest BCUT2D eigenvalue weighted by Gasteiger charge is 2.11. The lowest BCUT2D eigenvalue weighted by Crippen LogP contribution is -2.14. The maximum Gasteiger partial charge on any atom is 0.166 e. The third-order valence-corrected chi connectivity index (χ3v) is 4.52. The van der Waals surface area contributed by atoms with Crippen molar-refractivity contribution in [1.29, 1.82) is 0 Å². The molecule has 0 aliphatic carbocycles. The fourth-order valence-corrected chi connectivity index (χ4v) is 3.13. The third-order valence-electron chi connectivity index (χ3n) is 3.67. The number of benzene rings is 1. The number of hydrogen-bond donors (Lipinski definition) is 1. The number of aromatic nitrogens is 1. The van der Waals surface area contributed by atoms with Crippen LogP contribution in [0.3, 0.4) is 0 Å². The monoisotopic (exact) mass is 354 g/mol. The number of nitrogens with one attached hydrogen (secondary N) is 1. The third kappa shape index (κ3) is 5.05. The average molecular weight is 354 g/mol. The SMILES string of the molecule is CCOc1cccc(CNCc2cccnc2)c1OCc1cccs1. The summed E-state index contributed by atoms with van der Waals surface area (Å²) in [6.07, 6.45) is 3.66. The van der Waals surface area contributed by atoms with Crippen molar-refractivity contribution in [3.63, 3.8) is 0 Å². The molecule has 1 aromatic carbocycles. The fourth-order valence-electron chi connectivity index (χ4n) is 2.52. The fraction of sp³-hybridized carbons (Fsp3) is 0.250. The smallest absolute Gasteiger partial charge is 0.166 e. The Bertz CT molecular complexity index is 761. The Morgan fingerprint density at radius 1 is 1.04 bits per heavy atom. The lowest BCUT2D eigenvalue weighted by atomic mass is 10.1. The van der Waals surface area contributed by atoms with Crippen LogP contribution in [0.25, 0.3) is 0 Å². The lowest BCUT2D eigenvalue weighted by molar-refractivity contribution is 0.268. The second kappa shape index (κ2) is 9.20. The van der Waals surface area contributed by atoms with Crippen molar-refractivity contribution in [3.8, 4) is 11.5 Å². The van der Waals surface area contributed by atoms with Crippen LogP contribution in [0, 0.1) is 0 Å². The van der Waals surface area contributed by atoms with E-state index in [4.69, 9.17) is 9.47 Å². The average Bonchev–Trinajstić information content (AvgIpc) is 3.16. The van der Waals surface area contributed by atoms with E-state index in [0.717, 1.165) is 29.2 Å². The van der Waals surface area contributed by atoms with Crippen molar-refractivity contribution in [1.82, 2.24) is 10.3 Å². The van der Waals surface area contributed by atoms with E-state index in [1.165, 1.54) is 4.88 Å². The first-order chi connectivity index (χ1) is 12.4. The number of pyridine rings is 1. The molecule has 0 atom stereocenters. The molecule has 3 aromatic rings. The molecule has 3 rings (SSSR count). The molecule has 0 fully saturated rings. The molecule has 0 saturated heterocycles. The molecule has 0 bridgehead atoms. The molecule has 4 nitrogen and oxygen atoms in total. The molecule has 0 saturated carbocycles. The number of hydrogen-bond acceptors (Lipinski definition) is 5. The number of rotatable bonds is 9. The van der Waals surface area contributed by atoms with Gasteiger partial charge < -0.3 is 14.8 Å². The summed E-state index contributed by atoms with van der Waals surface area (Å²) in [5.74, 6) is 1.61. The van der Waals surface area contributed by atoms with Gasteiger partial charge in [-0.2, -0.15) is 0 Å². The molecule has 5 heteroatoms. The van der Waals surface area contributed by atoms with E-state index in [-0.39, 0.29) is 0 Å². The highest BCUT2D eigenvalue weighted by molar-refractivity contribution is 7.09. The maximum absolute atomic E-state index is 6.10. The standard InChI is InChI=1S/C20H22N2O2S/c1-2-23-19-9-3-7-17(14-22-13-16-6-4-10-21-12-16)20(19)24-15-18-8-5-11-25-18/h3-12,22H,2,13-15H2,1H3. The topological polar surface area (TPSA) is 43.4 Å². The van der Waals surface area contributed by atoms with Crippen LogP contribution in [-0.4, -0.2) is 11.6 Å². The highest BCUT2D eigenvalue weighted by Crippen LogP contribution is 2.32. The molecule has 25 heavy (non-hydrogen) atoms. The van der Waals surface area contributed by atoms with E-state index in [9.17, 15) is 0 Å². The summed E-state index contributed by atoms with van der Waals surface area (Å²) >= 11 is 1.69. The Hall–Kier alpha value is -2.37. The van der Waals surface area contributed by atoms with Crippen LogP contribution in [-0.2, 0) is 19.7 Å². The van der Waals surface area contributed by atoms with Gasteiger partial charge in [-0.15, -0.1) is 11.3 Å². The van der Waals surface area contributed by atoms with Crippen molar-refractivity contribution in [2.75, 3.05) is 6.61 Å². The summed E-state index contributed by atoms with van der Waals surface area (Å²) < 4.78 is 11.9. The first-order valence-electron chi connectivity index (χ1n) is 8.36. The predicted molar refractivity (Wildman–Crippen MR) is 101 cm³/mol. The minimum Gasteiger partial charge on any atom is -0.490 e. The maximum atomic E-state index is 6.10. The van der Waals surface area contributed by atoms with Crippen molar-refractivity contribution < 1.29 is 9.47 Å². The Labute approximate surface area is 152 Å². The summed E-state index contributed by atoms with van der Waals surface area (Å²) in [4.78, 5) is 5.34. The molecule has 0 amide bonds. The molecule has 0 aliphatic rings. The van der Waals surface area contributed by atoms with E-state index in [2.05, 4.69) is 33.9 Å². The van der Waals surface area contributed by atoms with Gasteiger partial charge in [0.2, 0.25) is 0 Å². The van der Waals surface area contributed by atoms with Crippen LogP contribution in [0.15, 0.2) is 60.2 Å². The summed E-state index contributed by atoms with van der Waals surface area (Å²) in [5.41, 5.74) is 2.25. The van der Waals surface area contributed by atoms with Gasteiger partial charge in [0, 0.05) is 35.9 Å². The molecular weight excluding hydrogens is 332 g/mol. The van der Waals surface area contributed by atoms with Crippen LogP contribution >= 0.6 is 11.3 Å². The molecule has 130 valence electrons. The van der Waals surface area contributed by atoms with Gasteiger partial charge in [0.05, 0.1) is 6.61 Å². The van der Waals surface area contributed by atoms with Gasteiger partial charge in [0.1, 0.15) is 6.61 Å². The minimum atomic E-state index is 0.553. The van der Waals surface area contributed by atoms with E-state index in [1.54, 1.807) is 17.5 Å². The zero-order valence-electron chi connectivity index (χ0n) is 14.3. The summed E-state index contributed by atoms with van der Waals surface area (Å²) in [5, 5.41) is 5.51. The number of ether oxygens (including phenoxy) is 2. The summed E-state index contributed by atoms with van der Waals surface area (Å²) in [6.45, 7) is 4.61. The predicted octanol–water partition coefficient (Wildman–Crippen LogP) is 4.41. The van der Waals surface area contributed by atoms with E-state index >= 15 is 0 Å². The van der Waals surface area contributed by atoms with Crippen molar-refractivity contribution in [3.05, 3.63) is 76.2 Å². The van der Waals surface area contributed by atoms with Gasteiger partial charge in [0.25, 0.3) is 0 Å². The molecule has 2 heterocycles. The lowest BCUT2D eigenvalue weighted by Gasteiger charge is -2.16. The molecule has 0 spiro atoms. The van der Waals surface area contributed by atoms with Gasteiger partial charge in [0.15, 0.2) is 11.5 Å². The molecule has 0 unspecified atom stereocenters. The Balaban J connectivity index is 1.69. The van der Waals surface area contributed by atoms with Crippen molar-refractivity contribution in [2.24, 2.45) is 0 Å². The Morgan fingerprint density at radius 3 is 2.76 bits per heavy atom. The first kappa shape index (κ1) is 17.5. The molecular formula is C20H22N2O2S. The van der Waals surface area contributed by atoms with Crippen molar-refractivity contribution in [2.45, 2.75) is 26.6 Å². The van der Waals surface area contributed by atoms with E-state index in [1.807, 2.05) is 37.4 Å². The molecule has 2 aromatic heterocycles. The van der Waals surface area contributed by atoms with Crippen LogP contribution in [0.5, 0.6) is 11.5 Å². The largest absolute Gasteiger partial charge is 0.490 e. The van der Waals surface area contributed by atoms with E-state index < -0.39 is 0 Å². The molecule has 1 N–H and O–H groups in total. The van der Waals surface area contributed by atoms with Gasteiger partial charge in [-0.3, -0.25) is 4.98 Å². The normalized spacial score (nSPS) is 10.6. The van der Waals surface area contributed by atoms with Crippen LogP contribution < -0.4 is 14.8 Å². The second-order valence-corrected chi connectivity index (χ2v) is 6.54. The Morgan fingerprint density at radius 2 is 2.00 bits per heavy atom. The minimum absolute atomic E-state index is 0.553. The van der Waals surface area contributed by atoms with Gasteiger partial charge in [-0.1, -0.05) is 24.3 Å². The van der Waals surface area contributed by atoms with E-state index in [0.29, 0.717) is 19.8 Å². The zero-order chi connectivity index (χ0) is 17.3. The first-order valence-corrected chi connectivity index (χ1v) is 9.24. The van der Waals surface area contributed by atoms with Crippen LogP contribution in [0.4, 0.5) is 0 Å². The van der Waals surface area contributed by atoms with Gasteiger partial charge in [-0.05, 0) is 36.1 Å². The van der Waals surface area contributed by atoms with Crippen LogP contribution in [0.2, 0.25) is 0 Å². The van der Waals surface area contributed by atoms with Gasteiger partial charge >= 0.3 is 0 Å². The highest BCUT2D eigenvalue weighted by atomic mass is 32.1. The number of thiophene rings is 1. The summed E-state index contributed by atoms with van der Waals surface area (Å²) in [7, 11) is 0. The second-order valence-electron chi connectivity index (χ2n) is 5.51. The van der Waals surface area contributed by atoms with Gasteiger partial charge in [-0.25, -0.2) is 0 Å². The molecule has 0 radical (unpaired) electrons. The van der Waals surface area contributed by atoms with Crippen molar-refractivity contribution >= 4 is 11.3 Å². The quantitative estimate of drug-likeness (QED) is 0.618. The number of para-hydroxylation sites is 1. The summed E-state index contributed by atoms with van der Waals surface area (Å²) in [6, 6.07) is 14.2.